The van der Waals surface area contributed by atoms with Crippen LogP contribution in [0.3, 0.4) is 0 Å². The van der Waals surface area contributed by atoms with Crippen molar-refractivity contribution in [3.05, 3.63) is 0 Å². The first-order valence-corrected chi connectivity index (χ1v) is 5.81. The maximum Gasteiger partial charge on any atom is 0.249 e. The Hall–Kier alpha value is -1.39. The van der Waals surface area contributed by atoms with E-state index in [4.69, 9.17) is 0 Å². The van der Waals surface area contributed by atoms with Crippen LogP contribution in [0.15, 0.2) is 0 Å². The summed E-state index contributed by atoms with van der Waals surface area (Å²) in [7, 11) is 0. The predicted octanol–water partition coefficient (Wildman–Crippen LogP) is 0.0980. The van der Waals surface area contributed by atoms with Crippen molar-refractivity contribution >= 4 is 17.7 Å². The van der Waals surface area contributed by atoms with E-state index < -0.39 is 6.04 Å². The van der Waals surface area contributed by atoms with Crippen molar-refractivity contribution < 1.29 is 14.4 Å². The number of piperidine rings is 1. The fourth-order valence-corrected chi connectivity index (χ4v) is 2.31. The van der Waals surface area contributed by atoms with E-state index in [0.29, 0.717) is 12.8 Å². The maximum atomic E-state index is 11.8. The molecule has 5 heteroatoms. The molecule has 0 radical (unpaired) electrons. The Morgan fingerprint density at radius 3 is 2.50 bits per heavy atom. The van der Waals surface area contributed by atoms with E-state index >= 15 is 0 Å². The van der Waals surface area contributed by atoms with Crippen LogP contribution in [-0.2, 0) is 14.4 Å². The zero-order chi connectivity index (χ0) is 11.5. The summed E-state index contributed by atoms with van der Waals surface area (Å²) in [4.78, 5) is 34.1. The minimum atomic E-state index is -0.522. The second kappa shape index (κ2) is 4.63. The molecule has 0 aromatic heterocycles. The third kappa shape index (κ3) is 2.40. The van der Waals surface area contributed by atoms with Gasteiger partial charge in [0.25, 0.3) is 0 Å². The van der Waals surface area contributed by atoms with E-state index in [1.165, 1.54) is 0 Å². The van der Waals surface area contributed by atoms with Gasteiger partial charge in [0.2, 0.25) is 17.7 Å². The molecule has 2 N–H and O–H groups in total. The van der Waals surface area contributed by atoms with Crippen LogP contribution in [-0.4, -0.2) is 23.8 Å². The molecule has 1 unspecified atom stereocenters. The lowest BCUT2D eigenvalue weighted by atomic mass is 10.0. The highest BCUT2D eigenvalue weighted by atomic mass is 16.2. The summed E-state index contributed by atoms with van der Waals surface area (Å²) in [5.41, 5.74) is 0. The maximum absolute atomic E-state index is 11.8. The minimum Gasteiger partial charge on any atom is -0.344 e. The van der Waals surface area contributed by atoms with Gasteiger partial charge in [0.1, 0.15) is 6.04 Å². The molecule has 1 saturated heterocycles. The Kier molecular flexibility index (Phi) is 3.22. The van der Waals surface area contributed by atoms with Gasteiger partial charge in [-0.2, -0.15) is 0 Å². The Balaban J connectivity index is 1.86. The van der Waals surface area contributed by atoms with Crippen molar-refractivity contribution in [2.24, 2.45) is 5.92 Å². The number of hydrogen-bond acceptors (Lipinski definition) is 3. The number of imide groups is 1. The van der Waals surface area contributed by atoms with Crippen LogP contribution in [0.4, 0.5) is 0 Å². The average Bonchev–Trinajstić information content (AvgIpc) is 2.75. The molecule has 2 aliphatic rings. The summed E-state index contributed by atoms with van der Waals surface area (Å²) in [6.07, 6.45) is 4.74. The second-order valence-corrected chi connectivity index (χ2v) is 4.49. The van der Waals surface area contributed by atoms with E-state index in [0.717, 1.165) is 25.7 Å². The van der Waals surface area contributed by atoms with Gasteiger partial charge in [-0.25, -0.2) is 0 Å². The lowest BCUT2D eigenvalue weighted by molar-refractivity contribution is -0.138. The normalized spacial score (nSPS) is 26.6. The van der Waals surface area contributed by atoms with Crippen molar-refractivity contribution in [2.45, 2.75) is 44.6 Å². The van der Waals surface area contributed by atoms with Crippen molar-refractivity contribution in [3.8, 4) is 0 Å². The Morgan fingerprint density at radius 1 is 1.19 bits per heavy atom. The van der Waals surface area contributed by atoms with E-state index in [9.17, 15) is 14.4 Å². The molecule has 1 saturated carbocycles. The molecule has 16 heavy (non-hydrogen) atoms. The molecule has 1 aliphatic heterocycles. The van der Waals surface area contributed by atoms with Crippen LogP contribution in [0, 0.1) is 5.92 Å². The zero-order valence-electron chi connectivity index (χ0n) is 9.12. The monoisotopic (exact) mass is 224 g/mol. The summed E-state index contributed by atoms with van der Waals surface area (Å²) in [5.74, 6) is -0.601. The van der Waals surface area contributed by atoms with Crippen molar-refractivity contribution in [1.29, 1.82) is 0 Å². The quantitative estimate of drug-likeness (QED) is 0.653. The summed E-state index contributed by atoms with van der Waals surface area (Å²) in [6, 6.07) is -0.522. The first-order chi connectivity index (χ1) is 7.66. The van der Waals surface area contributed by atoms with E-state index in [1.807, 2.05) is 0 Å². The Labute approximate surface area is 94.0 Å². The molecular weight excluding hydrogens is 208 g/mol. The summed E-state index contributed by atoms with van der Waals surface area (Å²) >= 11 is 0. The third-order valence-corrected chi connectivity index (χ3v) is 3.28. The first-order valence-electron chi connectivity index (χ1n) is 5.81. The predicted molar refractivity (Wildman–Crippen MR) is 56.3 cm³/mol. The molecule has 1 aliphatic carbocycles. The van der Waals surface area contributed by atoms with Gasteiger partial charge >= 0.3 is 0 Å². The SMILES string of the molecule is O=C1CCC(NC(=O)C2CCCC2)C(=O)N1. The van der Waals surface area contributed by atoms with Crippen LogP contribution in [0.5, 0.6) is 0 Å². The zero-order valence-corrected chi connectivity index (χ0v) is 9.12. The van der Waals surface area contributed by atoms with Crippen LogP contribution in [0.25, 0.3) is 0 Å². The standard InChI is InChI=1S/C11H16N2O3/c14-9-6-5-8(11(16)13-9)12-10(15)7-3-1-2-4-7/h7-8H,1-6H2,(H,12,15)(H,13,14,16). The molecule has 0 aromatic rings. The number of carbonyl (C=O) groups is 3. The Morgan fingerprint density at radius 2 is 1.88 bits per heavy atom. The molecule has 1 atom stereocenters. The van der Waals surface area contributed by atoms with Gasteiger partial charge in [0.05, 0.1) is 0 Å². The molecule has 0 aromatic carbocycles. The molecule has 1 heterocycles. The lowest BCUT2D eigenvalue weighted by Crippen LogP contribution is -2.53. The average molecular weight is 224 g/mol. The number of hydrogen-bond donors (Lipinski definition) is 2. The van der Waals surface area contributed by atoms with E-state index in [-0.39, 0.29) is 23.6 Å². The highest BCUT2D eigenvalue weighted by molar-refractivity contribution is 6.01. The van der Waals surface area contributed by atoms with Gasteiger partial charge in [0.15, 0.2) is 0 Å². The number of nitrogens with one attached hydrogen (secondary N) is 2. The minimum absolute atomic E-state index is 0.0352. The van der Waals surface area contributed by atoms with E-state index in [1.54, 1.807) is 0 Å². The van der Waals surface area contributed by atoms with E-state index in [2.05, 4.69) is 10.6 Å². The third-order valence-electron chi connectivity index (χ3n) is 3.28. The summed E-state index contributed by atoms with van der Waals surface area (Å²) in [5, 5.41) is 4.96. The van der Waals surface area contributed by atoms with Gasteiger partial charge in [-0.05, 0) is 19.3 Å². The topological polar surface area (TPSA) is 75.3 Å². The van der Waals surface area contributed by atoms with Gasteiger partial charge in [0, 0.05) is 12.3 Å². The first kappa shape index (κ1) is 11.1. The van der Waals surface area contributed by atoms with Crippen molar-refractivity contribution in [1.82, 2.24) is 10.6 Å². The van der Waals surface area contributed by atoms with Crippen LogP contribution in [0.1, 0.15) is 38.5 Å². The molecule has 3 amide bonds. The molecule has 2 rings (SSSR count). The molecule has 0 bridgehead atoms. The fraction of sp³-hybridized carbons (Fsp3) is 0.727. The molecule has 2 fully saturated rings. The van der Waals surface area contributed by atoms with Crippen LogP contribution >= 0.6 is 0 Å². The van der Waals surface area contributed by atoms with Crippen LogP contribution in [0.2, 0.25) is 0 Å². The second-order valence-electron chi connectivity index (χ2n) is 4.49. The molecule has 5 nitrogen and oxygen atoms in total. The van der Waals surface area contributed by atoms with Crippen molar-refractivity contribution in [3.63, 3.8) is 0 Å². The smallest absolute Gasteiger partial charge is 0.249 e. The summed E-state index contributed by atoms with van der Waals surface area (Å²) in [6.45, 7) is 0. The summed E-state index contributed by atoms with van der Waals surface area (Å²) < 4.78 is 0. The number of carbonyl (C=O) groups excluding carboxylic acids is 3. The largest absolute Gasteiger partial charge is 0.344 e. The van der Waals surface area contributed by atoms with Crippen LogP contribution < -0.4 is 10.6 Å². The van der Waals surface area contributed by atoms with Crippen molar-refractivity contribution in [2.75, 3.05) is 0 Å². The van der Waals surface area contributed by atoms with Gasteiger partial charge in [-0.1, -0.05) is 12.8 Å². The van der Waals surface area contributed by atoms with Gasteiger partial charge < -0.3 is 5.32 Å². The molecule has 88 valence electrons. The highest BCUT2D eigenvalue weighted by Crippen LogP contribution is 2.25. The van der Waals surface area contributed by atoms with Gasteiger partial charge in [-0.15, -0.1) is 0 Å². The number of rotatable bonds is 2. The Bertz CT molecular complexity index is 321. The molecular formula is C11H16N2O3. The van der Waals surface area contributed by atoms with Gasteiger partial charge in [-0.3, -0.25) is 19.7 Å². The highest BCUT2D eigenvalue weighted by Gasteiger charge is 2.30. The lowest BCUT2D eigenvalue weighted by Gasteiger charge is -2.23. The fourth-order valence-electron chi connectivity index (χ4n) is 2.31. The number of amides is 3. The molecule has 0 spiro atoms.